The van der Waals surface area contributed by atoms with Crippen molar-refractivity contribution in [2.24, 2.45) is 17.8 Å². The van der Waals surface area contributed by atoms with E-state index in [4.69, 9.17) is 0 Å². The summed E-state index contributed by atoms with van der Waals surface area (Å²) in [4.78, 5) is 106. The first kappa shape index (κ1) is 57.3. The SMILES string of the molecule is CC[C@H](C)[C@H](NC(=O)[C@@H](NC(=O)[C@H](CSC/C=C(/C)CC/C=C(\C)CCC=C(C)C)NC(=O)[C@@H]1CCCN1C(=O)[C@H](CC(C)C)NC(=O)CNC(C)=O)C(C)C)C(=O)N[C@@H](C)C(=O)O. The number of carbonyl (C=O) groups excluding carboxylic acids is 7. The summed E-state index contributed by atoms with van der Waals surface area (Å²) in [6.07, 6.45) is 12.0. The number of aliphatic carboxylic acids is 1. The van der Waals surface area contributed by atoms with Crippen molar-refractivity contribution in [1.29, 1.82) is 0 Å². The second-order valence-electron chi connectivity index (χ2n) is 18.1. The number of nitrogens with one attached hydrogen (secondary N) is 6. The van der Waals surface area contributed by atoms with Crippen LogP contribution in [0.5, 0.6) is 0 Å². The monoisotopic (exact) mass is 918 g/mol. The fourth-order valence-electron chi connectivity index (χ4n) is 6.92. The molecule has 64 heavy (non-hydrogen) atoms. The molecule has 1 aliphatic rings. The summed E-state index contributed by atoms with van der Waals surface area (Å²) in [5.41, 5.74) is 3.83. The van der Waals surface area contributed by atoms with E-state index in [1.165, 1.54) is 47.2 Å². The fraction of sp³-hybridized carbons (Fsp3) is 0.702. The quantitative estimate of drug-likeness (QED) is 0.0428. The van der Waals surface area contributed by atoms with E-state index in [0.717, 1.165) is 25.7 Å². The Hall–Kier alpha value is -4.67. The number of amides is 7. The lowest BCUT2D eigenvalue weighted by atomic mass is 9.96. The third-order valence-corrected chi connectivity index (χ3v) is 12.0. The molecule has 0 aromatic carbocycles. The minimum absolute atomic E-state index is 0.0140. The van der Waals surface area contributed by atoms with Crippen LogP contribution in [0.1, 0.15) is 134 Å². The Labute approximate surface area is 386 Å². The molecule has 1 rings (SSSR count). The van der Waals surface area contributed by atoms with Crippen LogP contribution in [0.4, 0.5) is 0 Å². The fourth-order valence-corrected chi connectivity index (χ4v) is 7.93. The van der Waals surface area contributed by atoms with E-state index in [1.54, 1.807) is 20.8 Å². The summed E-state index contributed by atoms with van der Waals surface area (Å²) >= 11 is 1.43. The number of thioether (sulfide) groups is 1. The van der Waals surface area contributed by atoms with Gasteiger partial charge in [-0.15, -0.1) is 0 Å². The van der Waals surface area contributed by atoms with Crippen LogP contribution < -0.4 is 31.9 Å². The Morgan fingerprint density at radius 3 is 1.89 bits per heavy atom. The Bertz CT molecular complexity index is 1690. The number of allylic oxidation sites excluding steroid dienone is 5. The standard InChI is InChI=1S/C47H79N7O9S/c1-13-33(10)41(45(60)49-34(11)47(62)63)53-44(59)40(30(6)7)52-42(57)37(27-64-24-22-32(9)20-15-19-31(8)18-14-17-28(2)3)51-43(58)38-21-16-23-54(38)46(61)36(25-29(4)5)50-39(56)26-48-35(12)55/h17,19,22,29-30,33-34,36-38,40-41H,13-16,18,20-21,23-27H2,1-12H3,(H,48,55)(H,49,60)(H,50,56)(H,51,58)(H,52,57)(H,53,59)(H,62,63)/b31-19+,32-22-/t33-,34-,36-,37-,38-,40-,41-/m0/s1. The summed E-state index contributed by atoms with van der Waals surface area (Å²) in [5.74, 6) is -5.22. The minimum atomic E-state index is -1.23. The average Bonchev–Trinajstić information content (AvgIpc) is 3.71. The first-order chi connectivity index (χ1) is 30.0. The lowest BCUT2D eigenvalue weighted by molar-refractivity contribution is -0.142. The van der Waals surface area contributed by atoms with Gasteiger partial charge >= 0.3 is 5.97 Å². The van der Waals surface area contributed by atoms with Crippen LogP contribution in [0.25, 0.3) is 0 Å². The van der Waals surface area contributed by atoms with Crippen LogP contribution in [0.2, 0.25) is 0 Å². The van der Waals surface area contributed by atoms with Crippen molar-refractivity contribution >= 4 is 59.1 Å². The van der Waals surface area contributed by atoms with E-state index in [1.807, 2.05) is 20.8 Å². The van der Waals surface area contributed by atoms with Gasteiger partial charge in [-0.2, -0.15) is 11.8 Å². The van der Waals surface area contributed by atoms with Crippen LogP contribution in [-0.2, 0) is 38.4 Å². The Balaban J connectivity index is 3.36. The lowest BCUT2D eigenvalue weighted by Crippen LogP contribution is -2.61. The summed E-state index contributed by atoms with van der Waals surface area (Å²) < 4.78 is 0. The van der Waals surface area contributed by atoms with E-state index >= 15 is 0 Å². The van der Waals surface area contributed by atoms with Crippen molar-refractivity contribution in [3.63, 3.8) is 0 Å². The molecule has 7 N–H and O–H groups in total. The Morgan fingerprint density at radius 1 is 0.734 bits per heavy atom. The molecule has 1 saturated heterocycles. The van der Waals surface area contributed by atoms with Gasteiger partial charge in [0.2, 0.25) is 41.4 Å². The lowest BCUT2D eigenvalue weighted by Gasteiger charge is -2.31. The van der Waals surface area contributed by atoms with Crippen molar-refractivity contribution in [2.45, 2.75) is 171 Å². The van der Waals surface area contributed by atoms with Crippen LogP contribution in [0.3, 0.4) is 0 Å². The molecular weight excluding hydrogens is 839 g/mol. The first-order valence-electron chi connectivity index (χ1n) is 22.8. The van der Waals surface area contributed by atoms with E-state index in [2.05, 4.69) is 77.8 Å². The van der Waals surface area contributed by atoms with Gasteiger partial charge in [0.15, 0.2) is 0 Å². The molecule has 0 saturated carbocycles. The molecule has 0 spiro atoms. The number of hydrogen-bond donors (Lipinski definition) is 7. The van der Waals surface area contributed by atoms with E-state index in [9.17, 15) is 43.5 Å². The Kier molecular flexibility index (Phi) is 26.6. The maximum Gasteiger partial charge on any atom is 0.325 e. The highest BCUT2D eigenvalue weighted by Crippen LogP contribution is 2.22. The second-order valence-corrected chi connectivity index (χ2v) is 19.2. The largest absolute Gasteiger partial charge is 0.480 e. The normalized spacial score (nSPS) is 17.0. The molecule has 7 amide bonds. The molecule has 7 atom stereocenters. The van der Waals surface area contributed by atoms with Crippen molar-refractivity contribution < 1.29 is 43.5 Å². The van der Waals surface area contributed by atoms with Gasteiger partial charge < -0.3 is 41.9 Å². The van der Waals surface area contributed by atoms with Gasteiger partial charge in [0.1, 0.15) is 36.3 Å². The topological polar surface area (TPSA) is 232 Å². The van der Waals surface area contributed by atoms with Crippen LogP contribution in [0.15, 0.2) is 34.9 Å². The molecule has 0 unspecified atom stereocenters. The molecular formula is C47H79N7O9S. The van der Waals surface area contributed by atoms with Crippen molar-refractivity contribution in [1.82, 2.24) is 36.8 Å². The van der Waals surface area contributed by atoms with Crippen molar-refractivity contribution in [3.8, 4) is 0 Å². The van der Waals surface area contributed by atoms with Gasteiger partial charge in [0, 0.05) is 25.0 Å². The van der Waals surface area contributed by atoms with E-state index in [0.29, 0.717) is 31.4 Å². The third-order valence-electron chi connectivity index (χ3n) is 11.0. The smallest absolute Gasteiger partial charge is 0.325 e. The highest BCUT2D eigenvalue weighted by molar-refractivity contribution is 7.99. The van der Waals surface area contributed by atoms with Crippen molar-refractivity contribution in [3.05, 3.63) is 34.9 Å². The maximum absolute atomic E-state index is 14.2. The number of likely N-dealkylation sites (tertiary alicyclic amines) is 1. The predicted octanol–water partition coefficient (Wildman–Crippen LogP) is 4.54. The number of carboxylic acid groups (broad SMARTS) is 1. The molecule has 0 aromatic rings. The average molecular weight is 918 g/mol. The predicted molar refractivity (Wildman–Crippen MR) is 253 cm³/mol. The molecule has 0 aliphatic carbocycles. The zero-order valence-corrected chi connectivity index (χ0v) is 41.3. The maximum atomic E-state index is 14.2. The third kappa shape index (κ3) is 21.8. The molecule has 17 heteroatoms. The van der Waals surface area contributed by atoms with Crippen LogP contribution in [-0.4, -0.2) is 118 Å². The number of rotatable bonds is 28. The zero-order valence-electron chi connectivity index (χ0n) is 40.5. The molecule has 0 aromatic heterocycles. The Morgan fingerprint density at radius 2 is 1.33 bits per heavy atom. The molecule has 1 aliphatic heterocycles. The summed E-state index contributed by atoms with van der Waals surface area (Å²) in [6, 6.07) is -6.40. The number of nitrogens with zero attached hydrogens (tertiary/aromatic N) is 1. The molecule has 1 fully saturated rings. The van der Waals surface area contributed by atoms with Gasteiger partial charge in [-0.1, -0.05) is 82.9 Å². The number of carbonyl (C=O) groups is 8. The van der Waals surface area contributed by atoms with E-state index < -0.39 is 89.5 Å². The number of carboxylic acids is 1. The van der Waals surface area contributed by atoms with Gasteiger partial charge in [-0.3, -0.25) is 38.4 Å². The summed E-state index contributed by atoms with van der Waals surface area (Å²) in [7, 11) is 0. The first-order valence-corrected chi connectivity index (χ1v) is 23.9. The highest BCUT2D eigenvalue weighted by Gasteiger charge is 2.40. The summed E-state index contributed by atoms with van der Waals surface area (Å²) in [6.45, 7) is 21.8. The van der Waals surface area contributed by atoms with Gasteiger partial charge in [-0.25, -0.2) is 0 Å². The minimum Gasteiger partial charge on any atom is -0.480 e. The van der Waals surface area contributed by atoms with Gasteiger partial charge in [0.25, 0.3) is 0 Å². The van der Waals surface area contributed by atoms with Crippen LogP contribution in [0, 0.1) is 17.8 Å². The molecule has 16 nitrogen and oxygen atoms in total. The number of hydrogen-bond acceptors (Lipinski definition) is 9. The molecule has 362 valence electrons. The van der Waals surface area contributed by atoms with Gasteiger partial charge in [-0.05, 0) is 97.3 Å². The molecule has 0 bridgehead atoms. The summed E-state index contributed by atoms with van der Waals surface area (Å²) in [5, 5.41) is 25.3. The van der Waals surface area contributed by atoms with Crippen LogP contribution >= 0.6 is 11.8 Å². The zero-order chi connectivity index (χ0) is 48.7. The molecule has 0 radical (unpaired) electrons. The highest BCUT2D eigenvalue weighted by atomic mass is 32.2. The molecule has 1 heterocycles. The second kappa shape index (κ2) is 29.7. The van der Waals surface area contributed by atoms with Gasteiger partial charge in [0.05, 0.1) is 6.54 Å². The van der Waals surface area contributed by atoms with Crippen molar-refractivity contribution in [2.75, 3.05) is 24.6 Å². The van der Waals surface area contributed by atoms with E-state index in [-0.39, 0.29) is 30.7 Å².